The van der Waals surface area contributed by atoms with Gasteiger partial charge in [0.15, 0.2) is 0 Å². The van der Waals surface area contributed by atoms with Crippen molar-refractivity contribution in [2.45, 2.75) is 6.42 Å². The van der Waals surface area contributed by atoms with Gasteiger partial charge >= 0.3 is 5.97 Å². The SMILES string of the molecule is COCCOc1ccccc1C(=O)NCCc1ccc(C(=O)O)cc1OC. The average molecular weight is 373 g/mol. The van der Waals surface area contributed by atoms with Gasteiger partial charge in [0, 0.05) is 13.7 Å². The predicted molar refractivity (Wildman–Crippen MR) is 99.8 cm³/mol. The third-order valence-electron chi connectivity index (χ3n) is 3.89. The van der Waals surface area contributed by atoms with E-state index in [1.165, 1.54) is 19.2 Å². The number of rotatable bonds is 10. The second-order valence-corrected chi connectivity index (χ2v) is 5.68. The fourth-order valence-electron chi connectivity index (χ4n) is 2.51. The molecule has 1 amide bonds. The largest absolute Gasteiger partial charge is 0.496 e. The summed E-state index contributed by atoms with van der Waals surface area (Å²) in [6.07, 6.45) is 0.501. The van der Waals surface area contributed by atoms with Crippen LogP contribution in [0.1, 0.15) is 26.3 Å². The van der Waals surface area contributed by atoms with E-state index in [1.54, 1.807) is 37.4 Å². The Morgan fingerprint density at radius 3 is 2.52 bits per heavy atom. The second-order valence-electron chi connectivity index (χ2n) is 5.68. The van der Waals surface area contributed by atoms with Crippen molar-refractivity contribution >= 4 is 11.9 Å². The van der Waals surface area contributed by atoms with Crippen LogP contribution in [0.25, 0.3) is 0 Å². The fourth-order valence-corrected chi connectivity index (χ4v) is 2.51. The van der Waals surface area contributed by atoms with Gasteiger partial charge in [-0.05, 0) is 36.2 Å². The van der Waals surface area contributed by atoms with Crippen molar-refractivity contribution in [1.82, 2.24) is 5.32 Å². The highest BCUT2D eigenvalue weighted by atomic mass is 16.5. The number of para-hydroxylation sites is 1. The molecule has 0 saturated heterocycles. The van der Waals surface area contributed by atoms with E-state index in [0.29, 0.717) is 43.2 Å². The standard InChI is InChI=1S/C20H23NO6/c1-25-11-12-27-17-6-4-3-5-16(17)19(22)21-10-9-14-7-8-15(20(23)24)13-18(14)26-2/h3-8,13H,9-12H2,1-2H3,(H,21,22)(H,23,24). The molecule has 0 aliphatic carbocycles. The summed E-state index contributed by atoms with van der Waals surface area (Å²) in [5.41, 5.74) is 1.41. The lowest BCUT2D eigenvalue weighted by Crippen LogP contribution is -2.26. The fraction of sp³-hybridized carbons (Fsp3) is 0.300. The van der Waals surface area contributed by atoms with E-state index in [1.807, 2.05) is 0 Å². The molecule has 7 heteroatoms. The minimum Gasteiger partial charge on any atom is -0.496 e. The molecule has 0 aliphatic rings. The van der Waals surface area contributed by atoms with Crippen LogP contribution in [0.5, 0.6) is 11.5 Å². The number of methoxy groups -OCH3 is 2. The van der Waals surface area contributed by atoms with Crippen molar-refractivity contribution in [2.75, 3.05) is 34.0 Å². The monoisotopic (exact) mass is 373 g/mol. The molecule has 0 atom stereocenters. The Morgan fingerprint density at radius 2 is 1.81 bits per heavy atom. The van der Waals surface area contributed by atoms with Crippen LogP contribution < -0.4 is 14.8 Å². The summed E-state index contributed by atoms with van der Waals surface area (Å²) in [5.74, 6) is -0.287. The maximum atomic E-state index is 12.5. The smallest absolute Gasteiger partial charge is 0.335 e. The zero-order valence-corrected chi connectivity index (χ0v) is 15.4. The van der Waals surface area contributed by atoms with Crippen molar-refractivity contribution in [2.24, 2.45) is 0 Å². The molecular formula is C20H23NO6. The van der Waals surface area contributed by atoms with Crippen molar-refractivity contribution in [1.29, 1.82) is 0 Å². The summed E-state index contributed by atoms with van der Waals surface area (Å²) in [6, 6.07) is 11.7. The van der Waals surface area contributed by atoms with Crippen LogP contribution in [-0.2, 0) is 11.2 Å². The lowest BCUT2D eigenvalue weighted by atomic mass is 10.1. The maximum absolute atomic E-state index is 12.5. The highest BCUT2D eigenvalue weighted by Gasteiger charge is 2.13. The molecule has 0 unspecified atom stereocenters. The number of nitrogens with one attached hydrogen (secondary N) is 1. The Hall–Kier alpha value is -3.06. The first kappa shape index (κ1) is 20.3. The van der Waals surface area contributed by atoms with E-state index in [2.05, 4.69) is 5.32 Å². The van der Waals surface area contributed by atoms with Gasteiger partial charge in [-0.1, -0.05) is 18.2 Å². The maximum Gasteiger partial charge on any atom is 0.335 e. The van der Waals surface area contributed by atoms with Crippen LogP contribution in [0, 0.1) is 0 Å². The van der Waals surface area contributed by atoms with Gasteiger partial charge in [-0.25, -0.2) is 4.79 Å². The zero-order valence-electron chi connectivity index (χ0n) is 15.4. The molecule has 0 fully saturated rings. The van der Waals surface area contributed by atoms with E-state index in [4.69, 9.17) is 19.3 Å². The third-order valence-corrected chi connectivity index (χ3v) is 3.89. The van der Waals surface area contributed by atoms with E-state index >= 15 is 0 Å². The molecule has 2 aromatic carbocycles. The van der Waals surface area contributed by atoms with Gasteiger partial charge in [-0.2, -0.15) is 0 Å². The van der Waals surface area contributed by atoms with Gasteiger partial charge in [0.25, 0.3) is 5.91 Å². The number of carboxylic acid groups (broad SMARTS) is 1. The molecule has 144 valence electrons. The molecule has 0 radical (unpaired) electrons. The van der Waals surface area contributed by atoms with Crippen LogP contribution >= 0.6 is 0 Å². The first-order valence-electron chi connectivity index (χ1n) is 8.46. The van der Waals surface area contributed by atoms with Crippen LogP contribution in [0.2, 0.25) is 0 Å². The number of carbonyl (C=O) groups is 2. The summed E-state index contributed by atoms with van der Waals surface area (Å²) in [6.45, 7) is 1.16. The Morgan fingerprint density at radius 1 is 1.04 bits per heavy atom. The number of carbonyl (C=O) groups excluding carboxylic acids is 1. The zero-order chi connectivity index (χ0) is 19.6. The number of ether oxygens (including phenoxy) is 3. The van der Waals surface area contributed by atoms with E-state index < -0.39 is 5.97 Å². The van der Waals surface area contributed by atoms with Crippen molar-refractivity contribution in [3.05, 3.63) is 59.2 Å². The molecular weight excluding hydrogens is 350 g/mol. The summed E-state index contributed by atoms with van der Waals surface area (Å²) in [7, 11) is 3.07. The predicted octanol–water partition coefficient (Wildman–Crippen LogP) is 2.39. The molecule has 2 N–H and O–H groups in total. The molecule has 0 spiro atoms. The van der Waals surface area contributed by atoms with Gasteiger partial charge in [0.1, 0.15) is 18.1 Å². The molecule has 0 heterocycles. The normalized spacial score (nSPS) is 10.3. The Labute approximate surface area is 157 Å². The average Bonchev–Trinajstić information content (AvgIpc) is 2.68. The highest BCUT2D eigenvalue weighted by Crippen LogP contribution is 2.21. The number of hydrogen-bond acceptors (Lipinski definition) is 5. The first-order valence-corrected chi connectivity index (χ1v) is 8.46. The third kappa shape index (κ3) is 5.72. The van der Waals surface area contributed by atoms with Crippen LogP contribution in [0.15, 0.2) is 42.5 Å². The molecule has 0 saturated carbocycles. The van der Waals surface area contributed by atoms with Crippen molar-refractivity contribution in [3.63, 3.8) is 0 Å². The minimum atomic E-state index is -1.02. The Bertz CT molecular complexity index is 790. The van der Waals surface area contributed by atoms with Gasteiger partial charge in [-0.3, -0.25) is 4.79 Å². The van der Waals surface area contributed by atoms with Gasteiger partial charge in [0.05, 0.1) is 24.8 Å². The summed E-state index contributed by atoms with van der Waals surface area (Å²) < 4.78 is 15.8. The first-order chi connectivity index (χ1) is 13.1. The Kier molecular flexibility index (Phi) is 7.63. The van der Waals surface area contributed by atoms with E-state index in [9.17, 15) is 9.59 Å². The number of carboxylic acids is 1. The molecule has 0 aromatic heterocycles. The number of amides is 1. The van der Waals surface area contributed by atoms with Crippen LogP contribution in [0.4, 0.5) is 0 Å². The topological polar surface area (TPSA) is 94.1 Å². The summed E-state index contributed by atoms with van der Waals surface area (Å²) in [4.78, 5) is 23.5. The quantitative estimate of drug-likeness (QED) is 0.621. The number of hydrogen-bond donors (Lipinski definition) is 2. The van der Waals surface area contributed by atoms with E-state index in [-0.39, 0.29) is 11.5 Å². The van der Waals surface area contributed by atoms with Crippen molar-refractivity contribution in [3.8, 4) is 11.5 Å². The van der Waals surface area contributed by atoms with Crippen molar-refractivity contribution < 1.29 is 28.9 Å². The van der Waals surface area contributed by atoms with Gasteiger partial charge in [-0.15, -0.1) is 0 Å². The van der Waals surface area contributed by atoms with Gasteiger partial charge in [0.2, 0.25) is 0 Å². The molecule has 0 bridgehead atoms. The lowest BCUT2D eigenvalue weighted by molar-refractivity contribution is 0.0696. The number of benzene rings is 2. The van der Waals surface area contributed by atoms with Crippen LogP contribution in [0.3, 0.4) is 0 Å². The molecule has 2 aromatic rings. The number of aromatic carboxylic acids is 1. The second kappa shape index (κ2) is 10.2. The Balaban J connectivity index is 1.98. The molecule has 27 heavy (non-hydrogen) atoms. The van der Waals surface area contributed by atoms with E-state index in [0.717, 1.165) is 5.56 Å². The molecule has 0 aliphatic heterocycles. The summed E-state index contributed by atoms with van der Waals surface area (Å²) in [5, 5.41) is 11.9. The lowest BCUT2D eigenvalue weighted by Gasteiger charge is -2.12. The minimum absolute atomic E-state index is 0.154. The van der Waals surface area contributed by atoms with Gasteiger partial charge < -0.3 is 24.6 Å². The van der Waals surface area contributed by atoms with Crippen LogP contribution in [-0.4, -0.2) is 51.0 Å². The molecule has 7 nitrogen and oxygen atoms in total. The highest BCUT2D eigenvalue weighted by molar-refractivity contribution is 5.96. The molecule has 2 rings (SSSR count). The summed E-state index contributed by atoms with van der Waals surface area (Å²) >= 11 is 0.